The number of anilines is 1. The van der Waals surface area contributed by atoms with E-state index in [4.69, 9.17) is 14.0 Å². The number of carboxylic acid groups (broad SMARTS) is 1. The van der Waals surface area contributed by atoms with Gasteiger partial charge in [-0.05, 0) is 72.1 Å². The number of ether oxygens (including phenoxy) is 2. The van der Waals surface area contributed by atoms with E-state index in [-0.39, 0.29) is 24.4 Å². The van der Waals surface area contributed by atoms with E-state index in [1.807, 2.05) is 24.3 Å². The Morgan fingerprint density at radius 1 is 0.750 bits per heavy atom. The van der Waals surface area contributed by atoms with Gasteiger partial charge in [0.05, 0.1) is 20.6 Å². The Balaban J connectivity index is 1.09. The zero-order chi connectivity index (χ0) is 36.6. The Morgan fingerprint density at radius 3 is 1.92 bits per heavy atom. The van der Waals surface area contributed by atoms with Gasteiger partial charge >= 0.3 is 5.97 Å². The Kier molecular flexibility index (Phi) is 10.7. The first-order chi connectivity index (χ1) is 25.2. The Labute approximate surface area is 300 Å². The van der Waals surface area contributed by atoms with E-state index >= 15 is 0 Å². The van der Waals surface area contributed by atoms with E-state index in [0.29, 0.717) is 45.6 Å². The fourth-order valence-electron chi connectivity index (χ4n) is 5.70. The Morgan fingerprint density at radius 2 is 1.33 bits per heavy atom. The Bertz CT molecular complexity index is 2160. The highest BCUT2D eigenvalue weighted by Crippen LogP contribution is 2.29. The van der Waals surface area contributed by atoms with Crippen molar-refractivity contribution in [2.45, 2.75) is 19.9 Å². The van der Waals surface area contributed by atoms with Crippen LogP contribution in [0.3, 0.4) is 0 Å². The monoisotopic (exact) mass is 696 g/mol. The number of aromatic nitrogens is 2. The minimum absolute atomic E-state index is 0.00940. The molecule has 5 aromatic carbocycles. The summed E-state index contributed by atoms with van der Waals surface area (Å²) in [4.78, 5) is 43.8. The number of nitrogens with one attached hydrogen (secondary N) is 1. The zero-order valence-electron chi connectivity index (χ0n) is 28.8. The number of aryl methyl sites for hydroxylation is 1. The quantitative estimate of drug-likeness (QED) is 0.127. The molecule has 52 heavy (non-hydrogen) atoms. The van der Waals surface area contributed by atoms with Crippen molar-refractivity contribution in [3.05, 3.63) is 138 Å². The van der Waals surface area contributed by atoms with E-state index < -0.39 is 18.4 Å². The highest BCUT2D eigenvalue weighted by atomic mass is 16.5. The molecule has 0 aliphatic carbocycles. The standard InChI is InChI=1S/C41H36N4O7/c1-26-7-11-28(12-8-26)29-15-17-30(18-16-29)39-43-40(52-44-39)31-13-9-27(10-14-31)24-45(25-38(47)48)41(49)32-19-21-33(22-20-32)42-37(46)23-34-35(50-2)5-4-6-36(34)51-3/h4-22H,23-25H2,1-3H3,(H,42,46)(H,47,48). The lowest BCUT2D eigenvalue weighted by molar-refractivity contribution is -0.137. The lowest BCUT2D eigenvalue weighted by Crippen LogP contribution is -2.35. The van der Waals surface area contributed by atoms with Gasteiger partial charge in [-0.1, -0.05) is 77.5 Å². The average molecular weight is 697 g/mol. The number of aliphatic carboxylic acids is 1. The number of carbonyl (C=O) groups is 3. The zero-order valence-corrected chi connectivity index (χ0v) is 28.8. The molecule has 0 unspecified atom stereocenters. The number of hydrogen-bond donors (Lipinski definition) is 2. The first-order valence-electron chi connectivity index (χ1n) is 16.4. The van der Waals surface area contributed by atoms with Crippen LogP contribution in [0.15, 0.2) is 120 Å². The molecule has 0 radical (unpaired) electrons. The predicted molar refractivity (Wildman–Crippen MR) is 196 cm³/mol. The molecular formula is C41H36N4O7. The van der Waals surface area contributed by atoms with Crippen molar-refractivity contribution in [2.24, 2.45) is 0 Å². The van der Waals surface area contributed by atoms with E-state index in [1.165, 1.54) is 24.7 Å². The maximum absolute atomic E-state index is 13.5. The van der Waals surface area contributed by atoms with Gasteiger partial charge in [-0.3, -0.25) is 14.4 Å². The van der Waals surface area contributed by atoms with Gasteiger partial charge in [0.15, 0.2) is 0 Å². The maximum Gasteiger partial charge on any atom is 0.323 e. The van der Waals surface area contributed by atoms with Gasteiger partial charge in [0, 0.05) is 34.5 Å². The molecule has 0 atom stereocenters. The van der Waals surface area contributed by atoms with Crippen LogP contribution < -0.4 is 14.8 Å². The third kappa shape index (κ3) is 8.33. The summed E-state index contributed by atoms with van der Waals surface area (Å²) in [6.07, 6.45) is 0.00940. The molecular weight excluding hydrogens is 660 g/mol. The van der Waals surface area contributed by atoms with Crippen LogP contribution >= 0.6 is 0 Å². The van der Waals surface area contributed by atoms with Crippen LogP contribution in [0.5, 0.6) is 11.5 Å². The molecule has 0 saturated heterocycles. The van der Waals surface area contributed by atoms with Crippen LogP contribution in [0.25, 0.3) is 34.0 Å². The second-order valence-electron chi connectivity index (χ2n) is 12.1. The third-order valence-electron chi connectivity index (χ3n) is 8.42. The van der Waals surface area contributed by atoms with Gasteiger partial charge in [-0.25, -0.2) is 0 Å². The number of hydrogen-bond acceptors (Lipinski definition) is 8. The molecule has 0 aliphatic heterocycles. The summed E-state index contributed by atoms with van der Waals surface area (Å²) < 4.78 is 16.3. The van der Waals surface area contributed by atoms with Gasteiger partial charge < -0.3 is 29.3 Å². The van der Waals surface area contributed by atoms with Crippen LogP contribution in [0, 0.1) is 6.92 Å². The molecule has 0 bridgehead atoms. The highest BCUT2D eigenvalue weighted by molar-refractivity contribution is 5.97. The largest absolute Gasteiger partial charge is 0.496 e. The SMILES string of the molecule is COc1cccc(OC)c1CC(=O)Nc1ccc(C(=O)N(CC(=O)O)Cc2ccc(-c3nc(-c4ccc(-c5ccc(C)cc5)cc4)no3)cc2)cc1. The van der Waals surface area contributed by atoms with Crippen molar-refractivity contribution in [1.82, 2.24) is 15.0 Å². The minimum Gasteiger partial charge on any atom is -0.496 e. The summed E-state index contributed by atoms with van der Waals surface area (Å²) in [5.74, 6) is -0.0789. The molecule has 262 valence electrons. The van der Waals surface area contributed by atoms with E-state index in [9.17, 15) is 19.5 Å². The van der Waals surface area contributed by atoms with Crippen LogP contribution in [-0.2, 0) is 22.6 Å². The number of methoxy groups -OCH3 is 2. The topological polar surface area (TPSA) is 144 Å². The third-order valence-corrected chi connectivity index (χ3v) is 8.42. The molecule has 0 spiro atoms. The fraction of sp³-hybridized carbons (Fsp3) is 0.146. The number of nitrogens with zero attached hydrogens (tertiary/aromatic N) is 3. The summed E-state index contributed by atoms with van der Waals surface area (Å²) >= 11 is 0. The lowest BCUT2D eigenvalue weighted by atomic mass is 10.0. The van der Waals surface area contributed by atoms with Crippen molar-refractivity contribution in [1.29, 1.82) is 0 Å². The van der Waals surface area contributed by atoms with Gasteiger partial charge in [0.25, 0.3) is 11.8 Å². The van der Waals surface area contributed by atoms with E-state index in [2.05, 4.69) is 46.6 Å². The van der Waals surface area contributed by atoms with E-state index in [0.717, 1.165) is 16.7 Å². The molecule has 11 nitrogen and oxygen atoms in total. The number of carboxylic acids is 1. The first kappa shape index (κ1) is 35.1. The Hall–Kier alpha value is -6.75. The molecule has 1 aromatic heterocycles. The van der Waals surface area contributed by atoms with Crippen molar-refractivity contribution in [3.63, 3.8) is 0 Å². The highest BCUT2D eigenvalue weighted by Gasteiger charge is 2.20. The molecule has 0 saturated carbocycles. The second kappa shape index (κ2) is 15.9. The molecule has 0 aliphatic rings. The van der Waals surface area contributed by atoms with Crippen LogP contribution in [0.4, 0.5) is 5.69 Å². The van der Waals surface area contributed by atoms with Gasteiger partial charge in [0.1, 0.15) is 18.0 Å². The smallest absolute Gasteiger partial charge is 0.323 e. The van der Waals surface area contributed by atoms with E-state index in [1.54, 1.807) is 66.7 Å². The van der Waals surface area contributed by atoms with Gasteiger partial charge in [0.2, 0.25) is 11.7 Å². The summed E-state index contributed by atoms with van der Waals surface area (Å²) in [5.41, 5.74) is 6.96. The number of carbonyl (C=O) groups excluding carboxylic acids is 2. The van der Waals surface area contributed by atoms with Crippen LogP contribution in [0.2, 0.25) is 0 Å². The molecule has 2 N–H and O–H groups in total. The van der Waals surface area contributed by atoms with Gasteiger partial charge in [-0.2, -0.15) is 4.98 Å². The molecule has 6 rings (SSSR count). The number of benzene rings is 5. The summed E-state index contributed by atoms with van der Waals surface area (Å²) in [6.45, 7) is 1.60. The molecule has 1 heterocycles. The van der Waals surface area contributed by atoms with Crippen LogP contribution in [-0.4, -0.2) is 58.7 Å². The van der Waals surface area contributed by atoms with Crippen molar-refractivity contribution < 1.29 is 33.5 Å². The minimum atomic E-state index is -1.15. The normalized spacial score (nSPS) is 10.8. The summed E-state index contributed by atoms with van der Waals surface area (Å²) in [5, 5.41) is 16.5. The van der Waals surface area contributed by atoms with Crippen LogP contribution in [0.1, 0.15) is 27.0 Å². The number of rotatable bonds is 13. The number of amides is 2. The summed E-state index contributed by atoms with van der Waals surface area (Å²) in [6, 6.07) is 35.0. The predicted octanol–water partition coefficient (Wildman–Crippen LogP) is 7.30. The van der Waals surface area contributed by atoms with Gasteiger partial charge in [-0.15, -0.1) is 0 Å². The molecule has 0 fully saturated rings. The molecule has 11 heteroatoms. The average Bonchev–Trinajstić information content (AvgIpc) is 3.66. The van der Waals surface area contributed by atoms with Crippen molar-refractivity contribution in [2.75, 3.05) is 26.1 Å². The maximum atomic E-state index is 13.5. The summed E-state index contributed by atoms with van der Waals surface area (Å²) in [7, 11) is 3.04. The lowest BCUT2D eigenvalue weighted by Gasteiger charge is -2.21. The van der Waals surface area contributed by atoms with Crippen molar-refractivity contribution in [3.8, 4) is 45.5 Å². The first-order valence-corrected chi connectivity index (χ1v) is 16.4. The molecule has 6 aromatic rings. The fourth-order valence-corrected chi connectivity index (χ4v) is 5.70. The molecule has 2 amide bonds. The second-order valence-corrected chi connectivity index (χ2v) is 12.1. The van der Waals surface area contributed by atoms with Crippen molar-refractivity contribution >= 4 is 23.5 Å².